The second-order valence-electron chi connectivity index (χ2n) is 3.56. The highest BCUT2D eigenvalue weighted by Gasteiger charge is 2.35. The number of carboxylic acids is 1. The standard InChI is InChI=1S/C12H13F3O3/c1-3-7-9(12(13,14)15)6-5-8(11(16)17)10(7)18-4-2/h5-6H,3-4H2,1-2H3,(H,16,17). The van der Waals surface area contributed by atoms with Crippen LogP contribution in [-0.2, 0) is 12.6 Å². The first-order valence-corrected chi connectivity index (χ1v) is 5.42. The fourth-order valence-electron chi connectivity index (χ4n) is 1.72. The average Bonchev–Trinajstić information content (AvgIpc) is 2.27. The molecule has 0 aliphatic heterocycles. The molecule has 0 aliphatic rings. The van der Waals surface area contributed by atoms with Gasteiger partial charge in [-0.1, -0.05) is 6.92 Å². The van der Waals surface area contributed by atoms with Gasteiger partial charge in [0.1, 0.15) is 11.3 Å². The molecule has 0 aromatic heterocycles. The molecule has 1 rings (SSSR count). The van der Waals surface area contributed by atoms with E-state index in [-0.39, 0.29) is 29.9 Å². The fraction of sp³-hybridized carbons (Fsp3) is 0.417. The maximum Gasteiger partial charge on any atom is 0.416 e. The SMILES string of the molecule is CCOc1c(C(=O)O)ccc(C(F)(F)F)c1CC. The van der Waals surface area contributed by atoms with Crippen molar-refractivity contribution >= 4 is 5.97 Å². The fourth-order valence-corrected chi connectivity index (χ4v) is 1.72. The van der Waals surface area contributed by atoms with Gasteiger partial charge in [0.05, 0.1) is 12.2 Å². The van der Waals surface area contributed by atoms with Gasteiger partial charge in [-0.3, -0.25) is 0 Å². The molecule has 0 aliphatic carbocycles. The minimum atomic E-state index is -4.52. The van der Waals surface area contributed by atoms with Crippen LogP contribution in [0.2, 0.25) is 0 Å². The van der Waals surface area contributed by atoms with E-state index in [9.17, 15) is 18.0 Å². The molecule has 0 radical (unpaired) electrons. The highest BCUT2D eigenvalue weighted by molar-refractivity contribution is 5.91. The maximum absolute atomic E-state index is 12.8. The topological polar surface area (TPSA) is 46.5 Å². The van der Waals surface area contributed by atoms with Gasteiger partial charge in [0.25, 0.3) is 0 Å². The second kappa shape index (κ2) is 5.29. The zero-order valence-electron chi connectivity index (χ0n) is 9.97. The van der Waals surface area contributed by atoms with Crippen LogP contribution in [0.15, 0.2) is 12.1 Å². The van der Waals surface area contributed by atoms with Crippen LogP contribution < -0.4 is 4.74 Å². The molecule has 3 nitrogen and oxygen atoms in total. The molecule has 0 bridgehead atoms. The predicted molar refractivity (Wildman–Crippen MR) is 59.0 cm³/mol. The molecule has 0 saturated heterocycles. The molecule has 0 spiro atoms. The Labute approximate surface area is 102 Å². The predicted octanol–water partition coefficient (Wildman–Crippen LogP) is 3.36. The van der Waals surface area contributed by atoms with Gasteiger partial charge in [0.15, 0.2) is 0 Å². The quantitative estimate of drug-likeness (QED) is 0.904. The number of carbonyl (C=O) groups is 1. The van der Waals surface area contributed by atoms with Gasteiger partial charge < -0.3 is 9.84 Å². The van der Waals surface area contributed by atoms with Crippen LogP contribution in [0.5, 0.6) is 5.75 Å². The average molecular weight is 262 g/mol. The first-order chi connectivity index (χ1) is 8.32. The minimum absolute atomic E-state index is 0.0469. The van der Waals surface area contributed by atoms with E-state index in [2.05, 4.69) is 0 Å². The van der Waals surface area contributed by atoms with E-state index in [0.29, 0.717) is 0 Å². The molecule has 100 valence electrons. The summed E-state index contributed by atoms with van der Waals surface area (Å²) in [5, 5.41) is 8.94. The third-order valence-corrected chi connectivity index (χ3v) is 2.44. The third kappa shape index (κ3) is 2.75. The van der Waals surface area contributed by atoms with Crippen molar-refractivity contribution < 1.29 is 27.8 Å². The molecule has 1 N–H and O–H groups in total. The van der Waals surface area contributed by atoms with Crippen LogP contribution in [-0.4, -0.2) is 17.7 Å². The Bertz CT molecular complexity index is 453. The van der Waals surface area contributed by atoms with Crippen molar-refractivity contribution in [1.29, 1.82) is 0 Å². The van der Waals surface area contributed by atoms with Gasteiger partial charge in [-0.05, 0) is 25.5 Å². The van der Waals surface area contributed by atoms with Crippen molar-refractivity contribution in [3.63, 3.8) is 0 Å². The number of aromatic carboxylic acids is 1. The number of ether oxygens (including phenoxy) is 1. The summed E-state index contributed by atoms with van der Waals surface area (Å²) in [4.78, 5) is 11.0. The molecule has 1 aromatic rings. The van der Waals surface area contributed by atoms with Gasteiger partial charge in [0, 0.05) is 5.56 Å². The van der Waals surface area contributed by atoms with E-state index in [0.717, 1.165) is 12.1 Å². The lowest BCUT2D eigenvalue weighted by Crippen LogP contribution is -2.13. The lowest BCUT2D eigenvalue weighted by atomic mass is 9.99. The Hall–Kier alpha value is -1.72. The monoisotopic (exact) mass is 262 g/mol. The third-order valence-electron chi connectivity index (χ3n) is 2.44. The Morgan fingerprint density at radius 3 is 2.33 bits per heavy atom. The van der Waals surface area contributed by atoms with Gasteiger partial charge in [-0.15, -0.1) is 0 Å². The van der Waals surface area contributed by atoms with Crippen molar-refractivity contribution in [2.75, 3.05) is 6.61 Å². The largest absolute Gasteiger partial charge is 0.493 e. The molecular formula is C12H13F3O3. The first-order valence-electron chi connectivity index (χ1n) is 5.42. The summed E-state index contributed by atoms with van der Waals surface area (Å²) in [5.41, 5.74) is -1.22. The number of hydrogen-bond donors (Lipinski definition) is 1. The molecule has 1 aromatic carbocycles. The summed E-state index contributed by atoms with van der Waals surface area (Å²) in [6.07, 6.45) is -4.47. The Morgan fingerprint density at radius 1 is 1.33 bits per heavy atom. The van der Waals surface area contributed by atoms with E-state index in [1.807, 2.05) is 0 Å². The van der Waals surface area contributed by atoms with E-state index < -0.39 is 17.7 Å². The molecule has 0 saturated carbocycles. The molecule has 0 heterocycles. The second-order valence-corrected chi connectivity index (χ2v) is 3.56. The first kappa shape index (κ1) is 14.3. The van der Waals surface area contributed by atoms with Crippen LogP contribution in [0.4, 0.5) is 13.2 Å². The summed E-state index contributed by atoms with van der Waals surface area (Å²) < 4.78 is 43.4. The smallest absolute Gasteiger partial charge is 0.416 e. The number of alkyl halides is 3. The molecule has 0 unspecified atom stereocenters. The van der Waals surface area contributed by atoms with Crippen molar-refractivity contribution in [2.24, 2.45) is 0 Å². The Morgan fingerprint density at radius 2 is 1.94 bits per heavy atom. The van der Waals surface area contributed by atoms with Crippen LogP contribution in [0, 0.1) is 0 Å². The molecule has 0 atom stereocenters. The Kier molecular flexibility index (Phi) is 4.21. The van der Waals surface area contributed by atoms with Crippen LogP contribution >= 0.6 is 0 Å². The highest BCUT2D eigenvalue weighted by atomic mass is 19.4. The Balaban J connectivity index is 3.52. The summed E-state index contributed by atoms with van der Waals surface area (Å²) in [6, 6.07) is 1.71. The normalized spacial score (nSPS) is 11.4. The number of benzene rings is 1. The summed E-state index contributed by atoms with van der Waals surface area (Å²) in [5.74, 6) is -1.50. The van der Waals surface area contributed by atoms with Gasteiger partial charge in [0.2, 0.25) is 0 Å². The van der Waals surface area contributed by atoms with Crippen molar-refractivity contribution in [1.82, 2.24) is 0 Å². The van der Waals surface area contributed by atoms with Gasteiger partial charge >= 0.3 is 12.1 Å². The van der Waals surface area contributed by atoms with Crippen LogP contribution in [0.25, 0.3) is 0 Å². The number of carboxylic acid groups (broad SMARTS) is 1. The van der Waals surface area contributed by atoms with Gasteiger partial charge in [-0.25, -0.2) is 4.79 Å². The van der Waals surface area contributed by atoms with E-state index in [1.165, 1.54) is 6.92 Å². The maximum atomic E-state index is 12.8. The zero-order chi connectivity index (χ0) is 13.9. The lowest BCUT2D eigenvalue weighted by Gasteiger charge is -2.17. The lowest BCUT2D eigenvalue weighted by molar-refractivity contribution is -0.138. The number of halogens is 3. The summed E-state index contributed by atoms with van der Waals surface area (Å²) in [7, 11) is 0. The molecule has 0 amide bonds. The van der Waals surface area contributed by atoms with Crippen LogP contribution in [0.3, 0.4) is 0 Å². The van der Waals surface area contributed by atoms with Crippen molar-refractivity contribution in [2.45, 2.75) is 26.4 Å². The van der Waals surface area contributed by atoms with E-state index in [4.69, 9.17) is 9.84 Å². The zero-order valence-corrected chi connectivity index (χ0v) is 9.97. The van der Waals surface area contributed by atoms with Crippen LogP contribution in [0.1, 0.15) is 35.3 Å². The number of rotatable bonds is 4. The summed E-state index contributed by atoms with van der Waals surface area (Å²) >= 11 is 0. The number of hydrogen-bond acceptors (Lipinski definition) is 2. The molecule has 6 heteroatoms. The molecular weight excluding hydrogens is 249 g/mol. The minimum Gasteiger partial charge on any atom is -0.493 e. The van der Waals surface area contributed by atoms with E-state index in [1.54, 1.807) is 6.92 Å². The van der Waals surface area contributed by atoms with Crippen molar-refractivity contribution in [3.8, 4) is 5.75 Å². The van der Waals surface area contributed by atoms with Crippen molar-refractivity contribution in [3.05, 3.63) is 28.8 Å². The van der Waals surface area contributed by atoms with E-state index >= 15 is 0 Å². The molecule has 0 fully saturated rings. The highest BCUT2D eigenvalue weighted by Crippen LogP contribution is 2.38. The summed E-state index contributed by atoms with van der Waals surface area (Å²) in [6.45, 7) is 3.22. The van der Waals surface area contributed by atoms with Gasteiger partial charge in [-0.2, -0.15) is 13.2 Å². The molecule has 18 heavy (non-hydrogen) atoms.